The van der Waals surface area contributed by atoms with E-state index in [4.69, 9.17) is 0 Å². The van der Waals surface area contributed by atoms with E-state index in [1.165, 1.54) is 0 Å². The summed E-state index contributed by atoms with van der Waals surface area (Å²) in [5.74, 6) is -0.502. The maximum Gasteiger partial charge on any atom is 0.401 e. The molecule has 3 N–H and O–H groups in total. The molecule has 1 saturated heterocycles. The van der Waals surface area contributed by atoms with E-state index in [2.05, 4.69) is 16.0 Å². The first kappa shape index (κ1) is 17.7. The number of piperidine rings is 1. The Kier molecular flexibility index (Phi) is 6.90. The second-order valence-corrected chi connectivity index (χ2v) is 5.01. The van der Waals surface area contributed by atoms with Crippen molar-refractivity contribution >= 4 is 11.8 Å². The molecule has 0 aromatic rings. The standard InChI is InChI=1S/C12H21F3N4O2/c1-16-11(21)7-19-4-2-9(3-5-19)18-10(20)6-17-8-12(13,14)15/h9,17H,2-8H2,1H3,(H,16,21)(H,18,20). The summed E-state index contributed by atoms with van der Waals surface area (Å²) in [6, 6.07) is -0.0499. The number of amides is 2. The highest BCUT2D eigenvalue weighted by molar-refractivity contribution is 5.78. The molecule has 9 heteroatoms. The highest BCUT2D eigenvalue weighted by Crippen LogP contribution is 2.12. The molecule has 1 aliphatic rings. The highest BCUT2D eigenvalue weighted by atomic mass is 19.4. The van der Waals surface area contributed by atoms with Gasteiger partial charge in [0.1, 0.15) is 0 Å². The van der Waals surface area contributed by atoms with E-state index < -0.39 is 18.6 Å². The van der Waals surface area contributed by atoms with Crippen molar-refractivity contribution < 1.29 is 22.8 Å². The van der Waals surface area contributed by atoms with Crippen LogP contribution < -0.4 is 16.0 Å². The third-order valence-electron chi connectivity index (χ3n) is 3.21. The molecule has 122 valence electrons. The zero-order chi connectivity index (χ0) is 15.9. The minimum absolute atomic E-state index is 0.0499. The third kappa shape index (κ3) is 7.86. The second kappa shape index (κ2) is 8.18. The molecule has 0 unspecified atom stereocenters. The fraction of sp³-hybridized carbons (Fsp3) is 0.833. The Labute approximate surface area is 121 Å². The first-order chi connectivity index (χ1) is 9.80. The molecule has 1 fully saturated rings. The minimum Gasteiger partial charge on any atom is -0.358 e. The van der Waals surface area contributed by atoms with Crippen molar-refractivity contribution in [2.24, 2.45) is 0 Å². The smallest absolute Gasteiger partial charge is 0.358 e. The molecule has 2 amide bonds. The molecule has 0 aromatic heterocycles. The zero-order valence-corrected chi connectivity index (χ0v) is 11.9. The van der Waals surface area contributed by atoms with Gasteiger partial charge in [-0.05, 0) is 12.8 Å². The van der Waals surface area contributed by atoms with Gasteiger partial charge in [-0.15, -0.1) is 0 Å². The van der Waals surface area contributed by atoms with Gasteiger partial charge < -0.3 is 16.0 Å². The number of nitrogens with zero attached hydrogens (tertiary/aromatic N) is 1. The van der Waals surface area contributed by atoms with E-state index in [0.29, 0.717) is 32.5 Å². The van der Waals surface area contributed by atoms with Crippen LogP contribution >= 0.6 is 0 Å². The zero-order valence-electron chi connectivity index (χ0n) is 11.9. The average Bonchev–Trinajstić information content (AvgIpc) is 2.39. The number of nitrogens with one attached hydrogen (secondary N) is 3. The number of hydrogen-bond acceptors (Lipinski definition) is 4. The number of halogens is 3. The van der Waals surface area contributed by atoms with Crippen LogP contribution in [0.1, 0.15) is 12.8 Å². The van der Waals surface area contributed by atoms with Crippen LogP contribution in [0, 0.1) is 0 Å². The van der Waals surface area contributed by atoms with E-state index in [9.17, 15) is 22.8 Å². The van der Waals surface area contributed by atoms with Crippen molar-refractivity contribution in [3.05, 3.63) is 0 Å². The van der Waals surface area contributed by atoms with Crippen LogP contribution in [0.2, 0.25) is 0 Å². The Morgan fingerprint density at radius 2 is 1.81 bits per heavy atom. The Balaban J connectivity index is 2.17. The van der Waals surface area contributed by atoms with Crippen LogP contribution in [0.5, 0.6) is 0 Å². The van der Waals surface area contributed by atoms with Gasteiger partial charge in [0, 0.05) is 26.2 Å². The van der Waals surface area contributed by atoms with Crippen molar-refractivity contribution in [1.82, 2.24) is 20.9 Å². The summed E-state index contributed by atoms with van der Waals surface area (Å²) in [5.41, 5.74) is 0. The third-order valence-corrected chi connectivity index (χ3v) is 3.21. The summed E-state index contributed by atoms with van der Waals surface area (Å²) in [6.45, 7) is 0.149. The number of carbonyl (C=O) groups is 2. The van der Waals surface area contributed by atoms with Gasteiger partial charge in [0.25, 0.3) is 0 Å². The molecule has 0 atom stereocenters. The monoisotopic (exact) mass is 310 g/mol. The van der Waals surface area contributed by atoms with Gasteiger partial charge in [-0.1, -0.05) is 0 Å². The van der Waals surface area contributed by atoms with E-state index in [1.54, 1.807) is 7.05 Å². The van der Waals surface area contributed by atoms with Gasteiger partial charge in [-0.25, -0.2) is 0 Å². The molecule has 1 rings (SSSR count). The minimum atomic E-state index is -4.31. The second-order valence-electron chi connectivity index (χ2n) is 5.01. The largest absolute Gasteiger partial charge is 0.401 e. The molecule has 6 nitrogen and oxygen atoms in total. The fourth-order valence-corrected chi connectivity index (χ4v) is 2.11. The molecule has 0 radical (unpaired) electrons. The molecule has 1 aliphatic heterocycles. The highest BCUT2D eigenvalue weighted by Gasteiger charge is 2.27. The van der Waals surface area contributed by atoms with Crippen LogP contribution in [-0.2, 0) is 9.59 Å². The topological polar surface area (TPSA) is 73.5 Å². The predicted molar refractivity (Wildman–Crippen MR) is 70.6 cm³/mol. The van der Waals surface area contributed by atoms with Crippen LogP contribution in [0.3, 0.4) is 0 Å². The van der Waals surface area contributed by atoms with Gasteiger partial charge in [-0.3, -0.25) is 14.5 Å². The lowest BCUT2D eigenvalue weighted by Crippen LogP contribution is -2.49. The van der Waals surface area contributed by atoms with Gasteiger partial charge in [0.05, 0.1) is 19.6 Å². The molecule has 0 aromatic carbocycles. The molecular weight excluding hydrogens is 289 g/mol. The van der Waals surface area contributed by atoms with Crippen LogP contribution in [0.15, 0.2) is 0 Å². The Bertz CT molecular complexity index is 355. The Hall–Kier alpha value is -1.35. The van der Waals surface area contributed by atoms with Crippen LogP contribution in [0.4, 0.5) is 13.2 Å². The lowest BCUT2D eigenvalue weighted by molar-refractivity contribution is -0.129. The maximum absolute atomic E-state index is 11.9. The van der Waals surface area contributed by atoms with Crippen molar-refractivity contribution in [1.29, 1.82) is 0 Å². The Morgan fingerprint density at radius 3 is 2.33 bits per heavy atom. The van der Waals surface area contributed by atoms with Crippen LogP contribution in [-0.4, -0.2) is 68.7 Å². The normalized spacial score (nSPS) is 17.5. The fourth-order valence-electron chi connectivity index (χ4n) is 2.11. The molecule has 0 aliphatic carbocycles. The van der Waals surface area contributed by atoms with Gasteiger partial charge >= 0.3 is 6.18 Å². The number of alkyl halides is 3. The first-order valence-electron chi connectivity index (χ1n) is 6.80. The number of rotatable bonds is 6. The van der Waals surface area contributed by atoms with Crippen molar-refractivity contribution in [3.63, 3.8) is 0 Å². The lowest BCUT2D eigenvalue weighted by Gasteiger charge is -2.31. The van der Waals surface area contributed by atoms with Crippen molar-refractivity contribution in [3.8, 4) is 0 Å². The number of likely N-dealkylation sites (tertiary alicyclic amines) is 1. The summed E-state index contributed by atoms with van der Waals surface area (Å²) in [7, 11) is 1.57. The van der Waals surface area contributed by atoms with Crippen LogP contribution in [0.25, 0.3) is 0 Å². The number of hydrogen-bond donors (Lipinski definition) is 3. The summed E-state index contributed by atoms with van der Waals surface area (Å²) < 4.78 is 35.7. The molecule has 0 saturated carbocycles. The average molecular weight is 310 g/mol. The summed E-state index contributed by atoms with van der Waals surface area (Å²) >= 11 is 0. The summed E-state index contributed by atoms with van der Waals surface area (Å²) in [6.07, 6.45) is -2.95. The summed E-state index contributed by atoms with van der Waals surface area (Å²) in [4.78, 5) is 24.7. The lowest BCUT2D eigenvalue weighted by atomic mass is 10.1. The molecule has 21 heavy (non-hydrogen) atoms. The SMILES string of the molecule is CNC(=O)CN1CCC(NC(=O)CNCC(F)(F)F)CC1. The number of carbonyl (C=O) groups excluding carboxylic acids is 2. The molecule has 0 spiro atoms. The Morgan fingerprint density at radius 1 is 1.19 bits per heavy atom. The maximum atomic E-state index is 11.9. The van der Waals surface area contributed by atoms with Gasteiger partial charge in [0.2, 0.25) is 11.8 Å². The predicted octanol–water partition coefficient (Wildman–Crippen LogP) is -0.535. The van der Waals surface area contributed by atoms with Crippen molar-refractivity contribution in [2.75, 3.05) is 39.8 Å². The van der Waals surface area contributed by atoms with Crippen molar-refractivity contribution in [2.45, 2.75) is 25.1 Å². The number of likely N-dealkylation sites (N-methyl/N-ethyl adjacent to an activating group) is 1. The quantitative estimate of drug-likeness (QED) is 0.616. The summed E-state index contributed by atoms with van der Waals surface area (Å²) in [5, 5.41) is 7.29. The molecular formula is C12H21F3N4O2. The van der Waals surface area contributed by atoms with E-state index in [0.717, 1.165) is 0 Å². The van der Waals surface area contributed by atoms with E-state index >= 15 is 0 Å². The molecule has 0 bridgehead atoms. The van der Waals surface area contributed by atoms with Gasteiger partial charge in [-0.2, -0.15) is 13.2 Å². The van der Waals surface area contributed by atoms with E-state index in [-0.39, 0.29) is 18.5 Å². The molecule has 1 heterocycles. The van der Waals surface area contributed by atoms with Gasteiger partial charge in [0.15, 0.2) is 0 Å². The van der Waals surface area contributed by atoms with E-state index in [1.807, 2.05) is 4.90 Å². The first-order valence-corrected chi connectivity index (χ1v) is 6.80.